The molecule has 4 heterocycles. The smallest absolute Gasteiger partial charge is 0.259 e. The number of amides is 1. The van der Waals surface area contributed by atoms with Crippen LogP contribution < -0.4 is 5.32 Å². The third kappa shape index (κ3) is 3.33. The zero-order valence-electron chi connectivity index (χ0n) is 14.9. The lowest BCUT2D eigenvalue weighted by Gasteiger charge is -2.09. The van der Waals surface area contributed by atoms with Crippen molar-refractivity contribution < 1.29 is 4.79 Å². The van der Waals surface area contributed by atoms with E-state index in [1.54, 1.807) is 24.5 Å². The molecule has 1 aliphatic rings. The van der Waals surface area contributed by atoms with Crippen molar-refractivity contribution in [2.45, 2.75) is 20.3 Å². The molecule has 0 unspecified atom stereocenters. The van der Waals surface area contributed by atoms with Gasteiger partial charge in [0.25, 0.3) is 5.91 Å². The van der Waals surface area contributed by atoms with E-state index in [1.165, 1.54) is 0 Å². The Hall–Kier alpha value is -3.06. The normalized spacial score (nSPS) is 13.7. The van der Waals surface area contributed by atoms with E-state index in [9.17, 15) is 4.79 Å². The number of carbonyl (C=O) groups is 1. The number of nitrogens with zero attached hydrogens (tertiary/aromatic N) is 5. The number of fused-ring (bicyclic) bond motifs is 1. The van der Waals surface area contributed by atoms with Crippen molar-refractivity contribution in [3.8, 4) is 0 Å². The molecule has 0 saturated heterocycles. The molecule has 4 rings (SSSR count). The van der Waals surface area contributed by atoms with E-state index in [-0.39, 0.29) is 5.91 Å². The number of amidine groups is 1. The third-order valence-corrected chi connectivity index (χ3v) is 4.52. The van der Waals surface area contributed by atoms with Gasteiger partial charge < -0.3 is 9.72 Å². The summed E-state index contributed by atoms with van der Waals surface area (Å²) in [5.41, 5.74) is 3.98. The first-order valence-electron chi connectivity index (χ1n) is 8.52. The molecule has 1 amide bonds. The lowest BCUT2D eigenvalue weighted by Crippen LogP contribution is -2.14. The minimum Gasteiger partial charge on any atom is -0.320 e. The van der Waals surface area contributed by atoms with Crippen molar-refractivity contribution in [2.24, 2.45) is 9.98 Å². The summed E-state index contributed by atoms with van der Waals surface area (Å²) in [6, 6.07) is 5.36. The first kappa shape index (κ1) is 17.4. The zero-order valence-corrected chi connectivity index (χ0v) is 15.7. The SMILES string of the molecule is Cc1cc(C)n2ccc(C(=O)Nc3cnc(C4=NCCC=N4)c(Cl)c3)c2n1. The summed E-state index contributed by atoms with van der Waals surface area (Å²) in [5, 5.41) is 3.22. The van der Waals surface area contributed by atoms with Crippen LogP contribution >= 0.6 is 11.6 Å². The van der Waals surface area contributed by atoms with Crippen LogP contribution in [0.1, 0.15) is 33.9 Å². The Balaban J connectivity index is 1.61. The highest BCUT2D eigenvalue weighted by Gasteiger charge is 2.16. The van der Waals surface area contributed by atoms with Crippen molar-refractivity contribution in [1.82, 2.24) is 14.4 Å². The molecule has 1 N–H and O–H groups in total. The Morgan fingerprint density at radius 3 is 2.89 bits per heavy atom. The van der Waals surface area contributed by atoms with Gasteiger partial charge in [-0.1, -0.05) is 11.6 Å². The van der Waals surface area contributed by atoms with E-state index >= 15 is 0 Å². The van der Waals surface area contributed by atoms with E-state index in [0.717, 1.165) is 17.8 Å². The second-order valence-electron chi connectivity index (χ2n) is 6.28. The van der Waals surface area contributed by atoms with Crippen LogP contribution in [0, 0.1) is 13.8 Å². The zero-order chi connectivity index (χ0) is 19.0. The second-order valence-corrected chi connectivity index (χ2v) is 6.68. The maximum atomic E-state index is 12.7. The van der Waals surface area contributed by atoms with Crippen LogP contribution in [0.25, 0.3) is 5.65 Å². The van der Waals surface area contributed by atoms with E-state index in [1.807, 2.05) is 30.5 Å². The fraction of sp³-hybridized carbons (Fsp3) is 0.211. The van der Waals surface area contributed by atoms with Crippen LogP contribution in [-0.2, 0) is 0 Å². The lowest BCUT2D eigenvalue weighted by molar-refractivity contribution is 0.102. The van der Waals surface area contributed by atoms with Gasteiger partial charge in [-0.3, -0.25) is 9.79 Å². The Bertz CT molecular complexity index is 1110. The van der Waals surface area contributed by atoms with Crippen LogP contribution in [0.15, 0.2) is 40.6 Å². The molecule has 136 valence electrons. The number of halogens is 1. The number of aryl methyl sites for hydroxylation is 2. The quantitative estimate of drug-likeness (QED) is 0.755. The molecule has 0 spiro atoms. The van der Waals surface area contributed by atoms with Gasteiger partial charge >= 0.3 is 0 Å². The molecule has 3 aromatic heterocycles. The van der Waals surface area contributed by atoms with Crippen LogP contribution in [0.2, 0.25) is 5.02 Å². The van der Waals surface area contributed by atoms with E-state index in [0.29, 0.717) is 40.0 Å². The van der Waals surface area contributed by atoms with Gasteiger partial charge in [0.05, 0.1) is 22.5 Å². The summed E-state index contributed by atoms with van der Waals surface area (Å²) in [6.45, 7) is 4.55. The van der Waals surface area contributed by atoms with Gasteiger partial charge in [0.15, 0.2) is 5.84 Å². The maximum absolute atomic E-state index is 12.7. The molecule has 0 aliphatic carbocycles. The summed E-state index contributed by atoms with van der Waals surface area (Å²) >= 11 is 6.32. The molecule has 27 heavy (non-hydrogen) atoms. The Morgan fingerprint density at radius 1 is 1.30 bits per heavy atom. The minimum absolute atomic E-state index is 0.270. The number of pyridine rings is 1. The van der Waals surface area contributed by atoms with Crippen LogP contribution in [0.3, 0.4) is 0 Å². The van der Waals surface area contributed by atoms with Crippen LogP contribution in [0.5, 0.6) is 0 Å². The molecule has 0 atom stereocenters. The number of hydrogen-bond acceptors (Lipinski definition) is 5. The summed E-state index contributed by atoms with van der Waals surface area (Å²) < 4.78 is 1.88. The van der Waals surface area contributed by atoms with Crippen molar-refractivity contribution in [3.63, 3.8) is 0 Å². The van der Waals surface area contributed by atoms with Crippen LogP contribution in [0.4, 0.5) is 5.69 Å². The molecule has 0 radical (unpaired) electrons. The summed E-state index contributed by atoms with van der Waals surface area (Å²) in [6.07, 6.45) is 5.99. The molecular formula is C19H17ClN6O. The number of aromatic nitrogens is 3. The minimum atomic E-state index is -0.270. The predicted molar refractivity (Wildman–Crippen MR) is 106 cm³/mol. The van der Waals surface area contributed by atoms with E-state index < -0.39 is 0 Å². The van der Waals surface area contributed by atoms with Crippen molar-refractivity contribution >= 4 is 40.9 Å². The molecule has 1 aliphatic heterocycles. The highest BCUT2D eigenvalue weighted by Crippen LogP contribution is 2.22. The second kappa shape index (κ2) is 6.92. The first-order valence-corrected chi connectivity index (χ1v) is 8.90. The number of carbonyl (C=O) groups excluding carboxylic acids is 1. The van der Waals surface area contributed by atoms with Gasteiger partial charge in [-0.25, -0.2) is 15.0 Å². The highest BCUT2D eigenvalue weighted by molar-refractivity contribution is 6.34. The Morgan fingerprint density at radius 2 is 2.15 bits per heavy atom. The van der Waals surface area contributed by atoms with Crippen molar-refractivity contribution in [2.75, 3.05) is 11.9 Å². The number of anilines is 1. The molecule has 0 saturated carbocycles. The monoisotopic (exact) mass is 380 g/mol. The number of rotatable bonds is 3. The fourth-order valence-electron chi connectivity index (χ4n) is 3.00. The van der Waals surface area contributed by atoms with Crippen molar-refractivity contribution in [1.29, 1.82) is 0 Å². The molecule has 0 bridgehead atoms. The summed E-state index contributed by atoms with van der Waals surface area (Å²) in [7, 11) is 0. The molecule has 8 heteroatoms. The van der Waals surface area contributed by atoms with Gasteiger partial charge in [-0.2, -0.15) is 0 Å². The number of nitrogens with one attached hydrogen (secondary N) is 1. The van der Waals surface area contributed by atoms with Gasteiger partial charge in [0, 0.05) is 36.8 Å². The number of hydrogen-bond donors (Lipinski definition) is 1. The Kier molecular flexibility index (Phi) is 4.45. The van der Waals surface area contributed by atoms with Crippen LogP contribution in [-0.4, -0.2) is 38.9 Å². The first-order chi connectivity index (χ1) is 13.0. The Labute approximate surface area is 160 Å². The number of aliphatic imine (C=N–C) groups is 2. The topological polar surface area (TPSA) is 84.0 Å². The largest absolute Gasteiger partial charge is 0.320 e. The molecule has 0 fully saturated rings. The molecular weight excluding hydrogens is 364 g/mol. The van der Waals surface area contributed by atoms with E-state index in [4.69, 9.17) is 11.6 Å². The summed E-state index contributed by atoms with van der Waals surface area (Å²) in [4.78, 5) is 30.1. The highest BCUT2D eigenvalue weighted by atomic mass is 35.5. The average Bonchev–Trinajstić information content (AvgIpc) is 3.07. The lowest BCUT2D eigenvalue weighted by atomic mass is 10.2. The maximum Gasteiger partial charge on any atom is 0.259 e. The third-order valence-electron chi connectivity index (χ3n) is 4.23. The molecule has 0 aromatic carbocycles. The van der Waals surface area contributed by atoms with Gasteiger partial charge in [-0.05, 0) is 32.0 Å². The van der Waals surface area contributed by atoms with E-state index in [2.05, 4.69) is 25.3 Å². The molecule has 3 aromatic rings. The predicted octanol–water partition coefficient (Wildman–Crippen LogP) is 3.47. The van der Waals surface area contributed by atoms with Gasteiger partial charge in [-0.15, -0.1) is 0 Å². The average molecular weight is 381 g/mol. The van der Waals surface area contributed by atoms with Gasteiger partial charge in [0.2, 0.25) is 0 Å². The summed E-state index contributed by atoms with van der Waals surface area (Å²) in [5.74, 6) is 0.242. The van der Waals surface area contributed by atoms with Crippen molar-refractivity contribution in [3.05, 3.63) is 58.3 Å². The standard InChI is InChI=1S/C19H17ClN6O/c1-11-8-12(2)26-7-4-14(18(26)24-11)19(27)25-13-9-15(20)16(23-10-13)17-21-5-3-6-22-17/h4-5,7-10H,3,6H2,1-2H3,(H,25,27). The molecule has 7 nitrogen and oxygen atoms in total. The van der Waals surface area contributed by atoms with Gasteiger partial charge in [0.1, 0.15) is 11.3 Å². The fourth-order valence-corrected chi connectivity index (χ4v) is 3.25.